The van der Waals surface area contributed by atoms with Gasteiger partial charge in [-0.1, -0.05) is 30.3 Å². The summed E-state index contributed by atoms with van der Waals surface area (Å²) < 4.78 is 0. The van der Waals surface area contributed by atoms with E-state index >= 15 is 0 Å². The van der Waals surface area contributed by atoms with Crippen LogP contribution >= 0.6 is 0 Å². The van der Waals surface area contributed by atoms with Crippen LogP contribution in [0.1, 0.15) is 22.7 Å². The summed E-state index contributed by atoms with van der Waals surface area (Å²) in [6, 6.07) is 17.8. The molecule has 0 spiro atoms. The number of nitrogens with one attached hydrogen (secondary N) is 1. The van der Waals surface area contributed by atoms with E-state index in [0.717, 1.165) is 22.2 Å². The minimum atomic E-state index is -0.903. The Morgan fingerprint density at radius 1 is 1.08 bits per heavy atom. The van der Waals surface area contributed by atoms with Gasteiger partial charge >= 0.3 is 0 Å². The Morgan fingerprint density at radius 3 is 2.32 bits per heavy atom. The summed E-state index contributed by atoms with van der Waals surface area (Å²) in [7, 11) is 0. The Labute approximate surface area is 144 Å². The van der Waals surface area contributed by atoms with Gasteiger partial charge < -0.3 is 4.98 Å². The zero-order valence-electron chi connectivity index (χ0n) is 13.4. The molecule has 0 saturated heterocycles. The maximum absolute atomic E-state index is 10.9. The van der Waals surface area contributed by atoms with Crippen LogP contribution in [0, 0.1) is 45.6 Å². The molecule has 1 atom stereocenters. The van der Waals surface area contributed by atoms with Gasteiger partial charge in [0.05, 0.1) is 17.1 Å². The fourth-order valence-electron chi connectivity index (χ4n) is 3.21. The smallest absolute Gasteiger partial charge is 0.269 e. The molecule has 3 rings (SSSR count). The SMILES string of the molecule is Cc1[nH]c2ccccc2c1C(c1ccc([N+](=O)[O-])cc1)C(C#N)C#N. The van der Waals surface area contributed by atoms with Crippen LogP contribution in [0.5, 0.6) is 0 Å². The van der Waals surface area contributed by atoms with E-state index in [0.29, 0.717) is 5.56 Å². The third-order valence-corrected chi connectivity index (χ3v) is 4.33. The Bertz CT molecular complexity index is 1010. The average Bonchev–Trinajstić information content (AvgIpc) is 2.95. The fourth-order valence-corrected chi connectivity index (χ4v) is 3.21. The molecule has 0 aliphatic rings. The Balaban J connectivity index is 2.22. The van der Waals surface area contributed by atoms with E-state index < -0.39 is 16.8 Å². The zero-order chi connectivity index (χ0) is 18.0. The summed E-state index contributed by atoms with van der Waals surface area (Å²) in [6.07, 6.45) is 0. The second kappa shape index (κ2) is 6.46. The first-order chi connectivity index (χ1) is 12.1. The summed E-state index contributed by atoms with van der Waals surface area (Å²) in [5.41, 5.74) is 3.35. The first-order valence-corrected chi connectivity index (χ1v) is 7.67. The van der Waals surface area contributed by atoms with Gasteiger partial charge in [-0.3, -0.25) is 10.1 Å². The van der Waals surface area contributed by atoms with E-state index in [4.69, 9.17) is 0 Å². The summed E-state index contributed by atoms with van der Waals surface area (Å²) >= 11 is 0. The van der Waals surface area contributed by atoms with Gasteiger partial charge in [0.2, 0.25) is 0 Å². The zero-order valence-corrected chi connectivity index (χ0v) is 13.4. The Kier molecular flexibility index (Phi) is 4.20. The molecule has 0 saturated carbocycles. The first kappa shape index (κ1) is 16.2. The highest BCUT2D eigenvalue weighted by molar-refractivity contribution is 5.86. The molecule has 2 aromatic carbocycles. The molecular formula is C19H14N4O2. The molecule has 0 radical (unpaired) electrons. The van der Waals surface area contributed by atoms with Crippen molar-refractivity contribution in [2.75, 3.05) is 0 Å². The van der Waals surface area contributed by atoms with Crippen LogP contribution in [0.3, 0.4) is 0 Å². The molecule has 0 amide bonds. The van der Waals surface area contributed by atoms with Gasteiger partial charge in [0.25, 0.3) is 5.69 Å². The molecule has 1 aromatic heterocycles. The van der Waals surface area contributed by atoms with Crippen LogP contribution in [0.25, 0.3) is 10.9 Å². The van der Waals surface area contributed by atoms with Crippen molar-refractivity contribution in [1.29, 1.82) is 10.5 Å². The van der Waals surface area contributed by atoms with Crippen LogP contribution in [0.4, 0.5) is 5.69 Å². The van der Waals surface area contributed by atoms with E-state index in [2.05, 4.69) is 17.1 Å². The van der Waals surface area contributed by atoms with Crippen molar-refractivity contribution in [2.45, 2.75) is 12.8 Å². The Hall–Kier alpha value is -3.64. The molecule has 6 nitrogen and oxygen atoms in total. The molecular weight excluding hydrogens is 316 g/mol. The second-order valence-electron chi connectivity index (χ2n) is 5.77. The topological polar surface area (TPSA) is 107 Å². The summed E-state index contributed by atoms with van der Waals surface area (Å²) in [5.74, 6) is -1.40. The van der Waals surface area contributed by atoms with Crippen LogP contribution in [0.2, 0.25) is 0 Å². The molecule has 122 valence electrons. The number of aromatic nitrogens is 1. The number of hydrogen-bond acceptors (Lipinski definition) is 4. The molecule has 1 N–H and O–H groups in total. The molecule has 1 unspecified atom stereocenters. The number of rotatable bonds is 4. The van der Waals surface area contributed by atoms with Crippen LogP contribution < -0.4 is 0 Å². The number of para-hydroxylation sites is 1. The molecule has 25 heavy (non-hydrogen) atoms. The molecule has 6 heteroatoms. The highest BCUT2D eigenvalue weighted by Crippen LogP contribution is 2.38. The minimum absolute atomic E-state index is 0.0244. The molecule has 0 aliphatic heterocycles. The highest BCUT2D eigenvalue weighted by Gasteiger charge is 2.29. The number of H-pyrrole nitrogens is 1. The number of benzene rings is 2. The van der Waals surface area contributed by atoms with E-state index in [1.54, 1.807) is 12.1 Å². The van der Waals surface area contributed by atoms with Gasteiger partial charge in [-0.05, 0) is 24.1 Å². The van der Waals surface area contributed by atoms with Crippen LogP contribution in [0.15, 0.2) is 48.5 Å². The van der Waals surface area contributed by atoms with Crippen LogP contribution in [-0.4, -0.2) is 9.91 Å². The third-order valence-electron chi connectivity index (χ3n) is 4.33. The molecule has 0 bridgehead atoms. The maximum Gasteiger partial charge on any atom is 0.269 e. The monoisotopic (exact) mass is 330 g/mol. The van der Waals surface area contributed by atoms with Gasteiger partial charge in [0.1, 0.15) is 5.92 Å². The largest absolute Gasteiger partial charge is 0.358 e. The van der Waals surface area contributed by atoms with Gasteiger partial charge in [-0.15, -0.1) is 0 Å². The molecule has 0 fully saturated rings. The fraction of sp³-hybridized carbons (Fsp3) is 0.158. The van der Waals surface area contributed by atoms with Gasteiger partial charge in [0, 0.05) is 34.6 Å². The molecule has 3 aromatic rings. The summed E-state index contributed by atoms with van der Waals surface area (Å²) in [6.45, 7) is 1.90. The van der Waals surface area contributed by atoms with Gasteiger partial charge in [0.15, 0.2) is 0 Å². The standard InChI is InChI=1S/C19H14N4O2/c1-12-18(16-4-2-3-5-17(16)22-12)19(14(10-20)11-21)13-6-8-15(9-7-13)23(24)25/h2-9,14,19,22H,1H3. The second-order valence-corrected chi connectivity index (χ2v) is 5.77. The number of nitro benzene ring substituents is 1. The van der Waals surface area contributed by atoms with E-state index in [1.807, 2.05) is 31.2 Å². The van der Waals surface area contributed by atoms with Gasteiger partial charge in [-0.25, -0.2) is 0 Å². The van der Waals surface area contributed by atoms with Crippen molar-refractivity contribution in [3.63, 3.8) is 0 Å². The van der Waals surface area contributed by atoms with Gasteiger partial charge in [-0.2, -0.15) is 10.5 Å². The number of nitriles is 2. The van der Waals surface area contributed by atoms with E-state index in [1.165, 1.54) is 12.1 Å². The predicted octanol–water partition coefficient (Wildman–Crippen LogP) is 4.18. The quantitative estimate of drug-likeness (QED) is 0.572. The normalized spacial score (nSPS) is 11.8. The lowest BCUT2D eigenvalue weighted by Crippen LogP contribution is -2.12. The lowest BCUT2D eigenvalue weighted by molar-refractivity contribution is -0.384. The number of aryl methyl sites for hydroxylation is 1. The van der Waals surface area contributed by atoms with Crippen molar-refractivity contribution in [2.24, 2.45) is 5.92 Å². The van der Waals surface area contributed by atoms with Crippen molar-refractivity contribution in [1.82, 2.24) is 4.98 Å². The minimum Gasteiger partial charge on any atom is -0.358 e. The Morgan fingerprint density at radius 2 is 1.72 bits per heavy atom. The van der Waals surface area contributed by atoms with Crippen molar-refractivity contribution < 1.29 is 4.92 Å². The number of nitrogens with zero attached hydrogens (tertiary/aromatic N) is 3. The van der Waals surface area contributed by atoms with Crippen molar-refractivity contribution >= 4 is 16.6 Å². The maximum atomic E-state index is 10.9. The van der Waals surface area contributed by atoms with E-state index in [-0.39, 0.29) is 5.69 Å². The number of nitro groups is 1. The number of hydrogen-bond donors (Lipinski definition) is 1. The summed E-state index contributed by atoms with van der Waals surface area (Å²) in [5, 5.41) is 30.8. The number of aromatic amines is 1. The summed E-state index contributed by atoms with van der Waals surface area (Å²) in [4.78, 5) is 13.7. The average molecular weight is 330 g/mol. The number of non-ortho nitro benzene ring substituents is 1. The third kappa shape index (κ3) is 2.82. The highest BCUT2D eigenvalue weighted by atomic mass is 16.6. The molecule has 1 heterocycles. The lowest BCUT2D eigenvalue weighted by Gasteiger charge is -2.19. The first-order valence-electron chi connectivity index (χ1n) is 7.67. The number of fused-ring (bicyclic) bond motifs is 1. The van der Waals surface area contributed by atoms with Crippen molar-refractivity contribution in [3.05, 3.63) is 75.5 Å². The molecule has 0 aliphatic carbocycles. The van der Waals surface area contributed by atoms with Crippen molar-refractivity contribution in [3.8, 4) is 12.1 Å². The van der Waals surface area contributed by atoms with E-state index in [9.17, 15) is 20.6 Å². The lowest BCUT2D eigenvalue weighted by atomic mass is 9.80. The predicted molar refractivity (Wildman–Crippen MR) is 92.7 cm³/mol. The van der Waals surface area contributed by atoms with Crippen LogP contribution in [-0.2, 0) is 0 Å².